The van der Waals surface area contributed by atoms with Gasteiger partial charge in [-0.05, 0) is 80.9 Å². The first kappa shape index (κ1) is 36.6. The van der Waals surface area contributed by atoms with Crippen LogP contribution < -0.4 is 15.4 Å². The van der Waals surface area contributed by atoms with Crippen molar-refractivity contribution in [2.24, 2.45) is 11.8 Å². The second kappa shape index (κ2) is 15.0. The number of ether oxygens (including phenoxy) is 1. The summed E-state index contributed by atoms with van der Waals surface area (Å²) in [5.74, 6) is -1.94. The smallest absolute Gasteiger partial charge is 0.410 e. The predicted octanol–water partition coefficient (Wildman–Crippen LogP) is 4.29. The van der Waals surface area contributed by atoms with Crippen LogP contribution in [0, 0.1) is 11.8 Å². The highest BCUT2D eigenvalue weighted by Gasteiger charge is 2.62. The number of hydrogen-bond acceptors (Lipinski definition) is 8. The predicted molar refractivity (Wildman–Crippen MR) is 196 cm³/mol. The van der Waals surface area contributed by atoms with Crippen LogP contribution in [0.15, 0.2) is 36.9 Å². The minimum atomic E-state index is -3.86. The number of rotatable bonds is 7. The molecule has 12 nitrogen and oxygen atoms in total. The molecule has 6 aliphatic rings. The van der Waals surface area contributed by atoms with E-state index in [2.05, 4.69) is 47.1 Å². The molecule has 4 amide bonds. The second-order valence-corrected chi connectivity index (χ2v) is 17.9. The molecule has 1 aromatic carbocycles. The molecule has 3 aliphatic carbocycles. The third-order valence-corrected chi connectivity index (χ3v) is 13.9. The summed E-state index contributed by atoms with van der Waals surface area (Å²) in [6.07, 6.45) is 14.7. The van der Waals surface area contributed by atoms with Crippen LogP contribution in [-0.2, 0) is 42.2 Å². The van der Waals surface area contributed by atoms with Crippen LogP contribution in [0.2, 0.25) is 0 Å². The van der Waals surface area contributed by atoms with E-state index in [-0.39, 0.29) is 37.3 Å². The number of amides is 4. The first-order chi connectivity index (χ1) is 25.0. The largest absolute Gasteiger partial charge is 0.444 e. The van der Waals surface area contributed by atoms with Gasteiger partial charge in [-0.15, -0.1) is 6.58 Å². The standard InChI is InChI=1S/C39H53N5O7S/c1-3-29-21-39(29,37(47)42-52(49,50)31-18-19-31)41-35(45)33-20-30-23-44(33)36(46)34(27-14-9-6-10-15-27)40-25(2)12-7-4-5-8-13-26-16-11-17-28-22-43(24-32(26)28)38(48)51-30/h3,8,11,13,16-17,25,27,29-31,33-34,40H,1,4-7,9-10,12,14-15,18-24H2,2H3,(H,41,45)(H,42,47)/b13-8+/t25?,29-,30-,33+,34+,39-/m1/s1. The Morgan fingerprint density at radius 1 is 1.04 bits per heavy atom. The van der Waals surface area contributed by atoms with Crippen molar-refractivity contribution < 1.29 is 32.3 Å². The summed E-state index contributed by atoms with van der Waals surface area (Å²) in [5, 5.41) is 5.92. The number of benzene rings is 1. The summed E-state index contributed by atoms with van der Waals surface area (Å²) in [5.41, 5.74) is 1.76. The summed E-state index contributed by atoms with van der Waals surface area (Å²) < 4.78 is 33.7. The van der Waals surface area contributed by atoms with E-state index in [0.717, 1.165) is 74.5 Å². The van der Waals surface area contributed by atoms with E-state index >= 15 is 0 Å². The molecular weight excluding hydrogens is 683 g/mol. The van der Waals surface area contributed by atoms with Crippen molar-refractivity contribution in [2.45, 2.75) is 139 Å². The van der Waals surface area contributed by atoms with E-state index < -0.39 is 62.8 Å². The van der Waals surface area contributed by atoms with Crippen LogP contribution in [0.1, 0.15) is 107 Å². The number of carbonyl (C=O) groups excluding carboxylic acids is 4. The summed E-state index contributed by atoms with van der Waals surface area (Å²) in [6, 6.07) is 4.62. The van der Waals surface area contributed by atoms with E-state index in [9.17, 15) is 27.6 Å². The Kier molecular flexibility index (Phi) is 10.5. The average Bonchev–Trinajstić information content (AvgIpc) is 4.02. The molecule has 1 aromatic rings. The number of allylic oxidation sites excluding steroid dienone is 1. The van der Waals surface area contributed by atoms with Gasteiger partial charge in [-0.25, -0.2) is 13.2 Å². The summed E-state index contributed by atoms with van der Waals surface area (Å²) in [6.45, 7) is 6.77. The van der Waals surface area contributed by atoms with Gasteiger partial charge in [-0.1, -0.05) is 62.1 Å². The fraction of sp³-hybridized carbons (Fsp3) is 0.641. The molecule has 3 N–H and O–H groups in total. The number of fused-ring (bicyclic) bond motifs is 3. The zero-order valence-electron chi connectivity index (χ0n) is 30.2. The number of sulfonamides is 1. The third-order valence-electron chi connectivity index (χ3n) is 12.0. The van der Waals surface area contributed by atoms with Crippen molar-refractivity contribution in [1.29, 1.82) is 0 Å². The first-order valence-corrected chi connectivity index (χ1v) is 20.8. The van der Waals surface area contributed by atoms with Gasteiger partial charge in [-0.3, -0.25) is 24.0 Å². The summed E-state index contributed by atoms with van der Waals surface area (Å²) in [4.78, 5) is 59.5. The van der Waals surface area contributed by atoms with Crippen LogP contribution in [0.4, 0.5) is 4.79 Å². The Hall–Kier alpha value is -3.71. The molecule has 0 spiro atoms. The van der Waals surface area contributed by atoms with Gasteiger partial charge >= 0.3 is 6.09 Å². The first-order valence-electron chi connectivity index (χ1n) is 19.3. The molecule has 3 saturated carbocycles. The number of nitrogens with zero attached hydrogens (tertiary/aromatic N) is 2. The molecule has 0 radical (unpaired) electrons. The Morgan fingerprint density at radius 2 is 1.81 bits per heavy atom. The summed E-state index contributed by atoms with van der Waals surface area (Å²) in [7, 11) is -3.86. The monoisotopic (exact) mass is 735 g/mol. The maximum atomic E-state index is 14.8. The SMILES string of the molecule is C=C[C@@H]1C[C@]1(NC(=O)[C@@H]1C[C@@H]2CN1C(=O)[C@H](C1CCCCC1)NC(C)CCCC/C=C/c1cccc3c1CN(C3)C(=O)O2)C(=O)NS(=O)(=O)C1CC1. The van der Waals surface area contributed by atoms with Crippen LogP contribution in [0.3, 0.4) is 0 Å². The third kappa shape index (κ3) is 7.67. The highest BCUT2D eigenvalue weighted by Crippen LogP contribution is 2.45. The van der Waals surface area contributed by atoms with Crippen molar-refractivity contribution in [1.82, 2.24) is 25.2 Å². The van der Waals surface area contributed by atoms with Crippen LogP contribution in [0.25, 0.3) is 6.08 Å². The number of nitrogens with one attached hydrogen (secondary N) is 3. The lowest BCUT2D eigenvalue weighted by Gasteiger charge is -2.36. The molecule has 6 atom stereocenters. The van der Waals surface area contributed by atoms with Gasteiger partial charge in [0.05, 0.1) is 24.4 Å². The van der Waals surface area contributed by atoms with E-state index in [1.54, 1.807) is 15.9 Å². The van der Waals surface area contributed by atoms with Crippen molar-refractivity contribution in [3.05, 3.63) is 53.6 Å². The maximum absolute atomic E-state index is 14.8. The molecule has 3 aliphatic heterocycles. The van der Waals surface area contributed by atoms with Gasteiger partial charge in [0, 0.05) is 24.9 Å². The van der Waals surface area contributed by atoms with Gasteiger partial charge in [0.1, 0.15) is 17.7 Å². The highest BCUT2D eigenvalue weighted by molar-refractivity contribution is 7.91. The molecule has 1 unspecified atom stereocenters. The normalized spacial score (nSPS) is 32.2. The van der Waals surface area contributed by atoms with Crippen LogP contribution in [-0.4, -0.2) is 83.6 Å². The molecule has 4 fully saturated rings. The van der Waals surface area contributed by atoms with Crippen molar-refractivity contribution in [3.8, 4) is 0 Å². The molecule has 0 aromatic heterocycles. The Balaban J connectivity index is 1.16. The Labute approximate surface area is 307 Å². The molecule has 52 heavy (non-hydrogen) atoms. The lowest BCUT2D eigenvalue weighted by molar-refractivity contribution is -0.142. The van der Waals surface area contributed by atoms with E-state index in [0.29, 0.717) is 25.9 Å². The van der Waals surface area contributed by atoms with Gasteiger partial charge in [0.15, 0.2) is 0 Å². The number of carbonyl (C=O) groups is 4. The quantitative estimate of drug-likeness (QED) is 0.351. The topological polar surface area (TPSA) is 154 Å². The fourth-order valence-corrected chi connectivity index (χ4v) is 10.1. The van der Waals surface area contributed by atoms with Gasteiger partial charge in [-0.2, -0.15) is 0 Å². The number of hydrogen-bond donors (Lipinski definition) is 3. The minimum absolute atomic E-state index is 0.0386. The minimum Gasteiger partial charge on any atom is -0.444 e. The Bertz CT molecular complexity index is 1720. The molecule has 1 saturated heterocycles. The van der Waals surface area contributed by atoms with E-state index in [1.165, 1.54) is 0 Å². The maximum Gasteiger partial charge on any atom is 0.410 e. The van der Waals surface area contributed by atoms with Crippen molar-refractivity contribution in [2.75, 3.05) is 6.54 Å². The highest BCUT2D eigenvalue weighted by atomic mass is 32.2. The van der Waals surface area contributed by atoms with Crippen molar-refractivity contribution in [3.63, 3.8) is 0 Å². The molecule has 4 bridgehead atoms. The van der Waals surface area contributed by atoms with Crippen LogP contribution >= 0.6 is 0 Å². The van der Waals surface area contributed by atoms with E-state index in [1.807, 2.05) is 12.1 Å². The molecule has 13 heteroatoms. The van der Waals surface area contributed by atoms with E-state index in [4.69, 9.17) is 4.74 Å². The van der Waals surface area contributed by atoms with Crippen LogP contribution in [0.5, 0.6) is 0 Å². The second-order valence-electron chi connectivity index (χ2n) is 15.9. The van der Waals surface area contributed by atoms with Gasteiger partial charge < -0.3 is 20.3 Å². The van der Waals surface area contributed by atoms with Gasteiger partial charge in [0.2, 0.25) is 21.8 Å². The lowest BCUT2D eigenvalue weighted by Crippen LogP contribution is -2.59. The van der Waals surface area contributed by atoms with Crippen molar-refractivity contribution >= 4 is 39.9 Å². The fourth-order valence-electron chi connectivity index (χ4n) is 8.71. The lowest BCUT2D eigenvalue weighted by atomic mass is 9.82. The molecule has 7 rings (SSSR count). The average molecular weight is 736 g/mol. The molecular formula is C39H53N5O7S. The zero-order valence-corrected chi connectivity index (χ0v) is 31.0. The molecule has 3 heterocycles. The zero-order chi connectivity index (χ0) is 36.6. The Morgan fingerprint density at radius 3 is 2.54 bits per heavy atom. The van der Waals surface area contributed by atoms with Gasteiger partial charge in [0.25, 0.3) is 5.91 Å². The molecule has 282 valence electrons. The summed E-state index contributed by atoms with van der Waals surface area (Å²) >= 11 is 0.